The van der Waals surface area contributed by atoms with E-state index in [0.29, 0.717) is 0 Å². The predicted octanol–water partition coefficient (Wildman–Crippen LogP) is 4.31. The molecule has 1 aromatic rings. The van der Waals surface area contributed by atoms with Crippen LogP contribution in [0.3, 0.4) is 0 Å². The van der Waals surface area contributed by atoms with Crippen molar-refractivity contribution >= 4 is 15.9 Å². The van der Waals surface area contributed by atoms with E-state index < -0.39 is 6.36 Å². The molecule has 0 unspecified atom stereocenters. The van der Waals surface area contributed by atoms with Crippen LogP contribution in [-0.4, -0.2) is 18.3 Å². The maximum atomic E-state index is 12.2. The van der Waals surface area contributed by atoms with Gasteiger partial charge in [-0.05, 0) is 37.5 Å². The van der Waals surface area contributed by atoms with Crippen LogP contribution in [0, 0.1) is 0 Å². The molecular weight excluding hydrogens is 313 g/mol. The van der Waals surface area contributed by atoms with Crippen LogP contribution in [0.25, 0.3) is 0 Å². The second kappa shape index (κ2) is 6.87. The van der Waals surface area contributed by atoms with Crippen molar-refractivity contribution in [1.82, 2.24) is 0 Å². The molecule has 0 N–H and O–H groups in total. The fourth-order valence-electron chi connectivity index (χ4n) is 1.46. The number of rotatable bonds is 6. The van der Waals surface area contributed by atoms with Crippen molar-refractivity contribution < 1.29 is 22.6 Å². The summed E-state index contributed by atoms with van der Waals surface area (Å²) in [5.41, 5.74) is 0.924. The summed E-state index contributed by atoms with van der Waals surface area (Å²) in [6.45, 7) is 2.00. The summed E-state index contributed by atoms with van der Waals surface area (Å²) in [4.78, 5) is 0. The third kappa shape index (κ3) is 5.16. The molecule has 6 heteroatoms. The zero-order chi connectivity index (χ0) is 13.6. The third-order valence-electron chi connectivity index (χ3n) is 2.13. The number of alkyl halides is 4. The van der Waals surface area contributed by atoms with Gasteiger partial charge >= 0.3 is 6.36 Å². The van der Waals surface area contributed by atoms with Gasteiger partial charge in [-0.1, -0.05) is 22.0 Å². The van der Waals surface area contributed by atoms with E-state index in [0.717, 1.165) is 23.7 Å². The Hall–Kier alpha value is -0.910. The average molecular weight is 327 g/mol. The summed E-state index contributed by atoms with van der Waals surface area (Å²) >= 11 is 3.31. The van der Waals surface area contributed by atoms with Gasteiger partial charge in [0, 0.05) is 5.33 Å². The molecular formula is C12H14BrF3O2. The smallest absolute Gasteiger partial charge is 0.490 e. The molecule has 0 saturated carbocycles. The number of benzene rings is 1. The summed E-state index contributed by atoms with van der Waals surface area (Å²) < 4.78 is 45.6. The largest absolute Gasteiger partial charge is 0.573 e. The quantitative estimate of drug-likeness (QED) is 0.725. The van der Waals surface area contributed by atoms with Crippen molar-refractivity contribution in [2.45, 2.75) is 26.1 Å². The van der Waals surface area contributed by atoms with Crippen molar-refractivity contribution in [1.29, 1.82) is 0 Å². The standard InChI is InChI=1S/C12H14BrF3O2/c1-2-17-11-8-9(4-3-7-13)5-6-10(11)18-12(14,15)16/h5-6,8H,2-4,7H2,1H3. The molecule has 0 aliphatic heterocycles. The van der Waals surface area contributed by atoms with Gasteiger partial charge in [0.2, 0.25) is 0 Å². The molecule has 0 heterocycles. The van der Waals surface area contributed by atoms with E-state index in [1.165, 1.54) is 6.07 Å². The molecule has 2 nitrogen and oxygen atoms in total. The Bertz CT molecular complexity index is 380. The van der Waals surface area contributed by atoms with Crippen molar-refractivity contribution in [3.8, 4) is 11.5 Å². The summed E-state index contributed by atoms with van der Waals surface area (Å²) in [5, 5.41) is 0.845. The highest BCUT2D eigenvalue weighted by Crippen LogP contribution is 2.33. The van der Waals surface area contributed by atoms with E-state index in [9.17, 15) is 13.2 Å². The molecule has 0 amide bonds. The Labute approximate surface area is 112 Å². The molecule has 0 fully saturated rings. The van der Waals surface area contributed by atoms with E-state index in [-0.39, 0.29) is 18.1 Å². The van der Waals surface area contributed by atoms with Crippen LogP contribution in [0.15, 0.2) is 18.2 Å². The molecule has 0 bridgehead atoms. The first-order valence-corrected chi connectivity index (χ1v) is 6.66. The highest BCUT2D eigenvalue weighted by atomic mass is 79.9. The number of ether oxygens (including phenoxy) is 2. The molecule has 0 atom stereocenters. The maximum absolute atomic E-state index is 12.2. The summed E-state index contributed by atoms with van der Waals surface area (Å²) in [6.07, 6.45) is -3.02. The van der Waals surface area contributed by atoms with Crippen LogP contribution in [0.2, 0.25) is 0 Å². The fraction of sp³-hybridized carbons (Fsp3) is 0.500. The van der Waals surface area contributed by atoms with Crippen LogP contribution in [0.1, 0.15) is 18.9 Å². The molecule has 0 radical (unpaired) electrons. The third-order valence-corrected chi connectivity index (χ3v) is 2.69. The topological polar surface area (TPSA) is 18.5 Å². The maximum Gasteiger partial charge on any atom is 0.573 e. The van der Waals surface area contributed by atoms with Gasteiger partial charge in [0.1, 0.15) is 0 Å². The van der Waals surface area contributed by atoms with E-state index >= 15 is 0 Å². The lowest BCUT2D eigenvalue weighted by atomic mass is 10.1. The van der Waals surface area contributed by atoms with E-state index in [4.69, 9.17) is 4.74 Å². The zero-order valence-corrected chi connectivity index (χ0v) is 11.5. The SMILES string of the molecule is CCOc1cc(CCCBr)ccc1OC(F)(F)F. The highest BCUT2D eigenvalue weighted by Gasteiger charge is 2.32. The molecule has 1 aromatic carbocycles. The monoisotopic (exact) mass is 326 g/mol. The summed E-state index contributed by atoms with van der Waals surface area (Å²) in [5.74, 6) is -0.172. The number of hydrogen-bond donors (Lipinski definition) is 0. The van der Waals surface area contributed by atoms with Crippen molar-refractivity contribution in [2.24, 2.45) is 0 Å². The Morgan fingerprint density at radius 3 is 2.50 bits per heavy atom. The fourth-order valence-corrected chi connectivity index (χ4v) is 1.74. The number of aryl methyl sites for hydroxylation is 1. The lowest BCUT2D eigenvalue weighted by molar-refractivity contribution is -0.275. The van der Waals surface area contributed by atoms with Gasteiger partial charge in [-0.2, -0.15) is 0 Å². The number of halogens is 4. The van der Waals surface area contributed by atoms with Gasteiger partial charge < -0.3 is 9.47 Å². The van der Waals surface area contributed by atoms with Gasteiger partial charge in [-0.15, -0.1) is 13.2 Å². The Balaban J connectivity index is 2.89. The van der Waals surface area contributed by atoms with Gasteiger partial charge in [0.25, 0.3) is 0 Å². The second-order valence-electron chi connectivity index (χ2n) is 3.55. The number of hydrogen-bond acceptors (Lipinski definition) is 2. The molecule has 0 saturated heterocycles. The molecule has 102 valence electrons. The molecule has 0 aliphatic rings. The first-order chi connectivity index (χ1) is 8.46. The molecule has 18 heavy (non-hydrogen) atoms. The molecule has 0 aliphatic carbocycles. The van der Waals surface area contributed by atoms with Crippen LogP contribution in [-0.2, 0) is 6.42 Å². The van der Waals surface area contributed by atoms with Crippen LogP contribution >= 0.6 is 15.9 Å². The Morgan fingerprint density at radius 2 is 1.94 bits per heavy atom. The van der Waals surface area contributed by atoms with Crippen LogP contribution < -0.4 is 9.47 Å². The highest BCUT2D eigenvalue weighted by molar-refractivity contribution is 9.09. The van der Waals surface area contributed by atoms with Gasteiger partial charge in [-0.25, -0.2) is 0 Å². The van der Waals surface area contributed by atoms with E-state index in [2.05, 4.69) is 20.7 Å². The molecule has 0 aromatic heterocycles. The Morgan fingerprint density at radius 1 is 1.22 bits per heavy atom. The molecule has 1 rings (SSSR count). The van der Waals surface area contributed by atoms with Crippen LogP contribution in [0.4, 0.5) is 13.2 Å². The van der Waals surface area contributed by atoms with Gasteiger partial charge in [-0.3, -0.25) is 0 Å². The van der Waals surface area contributed by atoms with Crippen LogP contribution in [0.5, 0.6) is 11.5 Å². The first kappa shape index (κ1) is 15.1. The van der Waals surface area contributed by atoms with Gasteiger partial charge in [0.05, 0.1) is 6.61 Å². The normalized spacial score (nSPS) is 11.4. The predicted molar refractivity (Wildman–Crippen MR) is 66.4 cm³/mol. The van der Waals surface area contributed by atoms with E-state index in [1.807, 2.05) is 0 Å². The lowest BCUT2D eigenvalue weighted by Gasteiger charge is -2.14. The second-order valence-corrected chi connectivity index (χ2v) is 4.35. The minimum atomic E-state index is -4.71. The van der Waals surface area contributed by atoms with Crippen molar-refractivity contribution in [3.63, 3.8) is 0 Å². The minimum absolute atomic E-state index is 0.127. The van der Waals surface area contributed by atoms with E-state index in [1.54, 1.807) is 19.1 Å². The minimum Gasteiger partial charge on any atom is -0.490 e. The summed E-state index contributed by atoms with van der Waals surface area (Å²) in [6, 6.07) is 4.50. The Kier molecular flexibility index (Phi) is 5.78. The van der Waals surface area contributed by atoms with Crippen molar-refractivity contribution in [3.05, 3.63) is 23.8 Å². The summed E-state index contributed by atoms with van der Waals surface area (Å²) in [7, 11) is 0. The first-order valence-electron chi connectivity index (χ1n) is 5.53. The van der Waals surface area contributed by atoms with Gasteiger partial charge in [0.15, 0.2) is 11.5 Å². The average Bonchev–Trinajstić information content (AvgIpc) is 2.28. The lowest BCUT2D eigenvalue weighted by Crippen LogP contribution is -2.17. The van der Waals surface area contributed by atoms with Crippen molar-refractivity contribution in [2.75, 3.05) is 11.9 Å². The molecule has 0 spiro atoms. The zero-order valence-electron chi connectivity index (χ0n) is 9.89.